The van der Waals surface area contributed by atoms with Gasteiger partial charge in [0.05, 0.1) is 11.5 Å². The van der Waals surface area contributed by atoms with Crippen LogP contribution in [0, 0.1) is 10.1 Å². The van der Waals surface area contributed by atoms with Crippen molar-refractivity contribution in [2.24, 2.45) is 5.73 Å². The average Bonchev–Trinajstić information content (AvgIpc) is 2.36. The summed E-state index contributed by atoms with van der Waals surface area (Å²) in [5.41, 5.74) is 6.20. The van der Waals surface area contributed by atoms with E-state index in [0.717, 1.165) is 25.1 Å². The molecule has 0 atom stereocenters. The molecule has 0 aromatic heterocycles. The minimum absolute atomic E-state index is 0.00664. The van der Waals surface area contributed by atoms with Gasteiger partial charge < -0.3 is 15.8 Å². The zero-order valence-electron chi connectivity index (χ0n) is 10.5. The molecule has 3 N–H and O–H groups in total. The van der Waals surface area contributed by atoms with Crippen LogP contribution in [0.3, 0.4) is 0 Å². The van der Waals surface area contributed by atoms with Gasteiger partial charge in [0.15, 0.2) is 5.75 Å². The predicted molar refractivity (Wildman–Crippen MR) is 71.0 cm³/mol. The topological polar surface area (TPSA) is 90.4 Å². The molecular formula is C12H19N3O3. The maximum absolute atomic E-state index is 10.8. The smallest absolute Gasteiger partial charge is 0.311 e. The van der Waals surface area contributed by atoms with Gasteiger partial charge in [0.1, 0.15) is 0 Å². The summed E-state index contributed by atoms with van der Waals surface area (Å²) >= 11 is 0. The van der Waals surface area contributed by atoms with E-state index in [9.17, 15) is 10.1 Å². The second-order valence-electron chi connectivity index (χ2n) is 3.86. The molecule has 6 nitrogen and oxygen atoms in total. The van der Waals surface area contributed by atoms with E-state index in [2.05, 4.69) is 5.32 Å². The van der Waals surface area contributed by atoms with Crippen LogP contribution in [-0.2, 0) is 0 Å². The van der Waals surface area contributed by atoms with Crippen molar-refractivity contribution < 1.29 is 9.66 Å². The molecule has 1 rings (SSSR count). The Balaban J connectivity index is 2.80. The standard InChI is InChI=1S/C12H19N3O3/c1-2-8-18-12-9-10(14-7-3-6-13)4-5-11(12)15(16)17/h4-5,9,14H,2-3,6-8,13H2,1H3. The first kappa shape index (κ1) is 14.2. The van der Waals surface area contributed by atoms with Crippen LogP contribution < -0.4 is 15.8 Å². The second kappa shape index (κ2) is 7.50. The highest BCUT2D eigenvalue weighted by Gasteiger charge is 2.15. The molecule has 0 fully saturated rings. The second-order valence-corrected chi connectivity index (χ2v) is 3.86. The number of hydrogen-bond acceptors (Lipinski definition) is 5. The van der Waals surface area contributed by atoms with Crippen molar-refractivity contribution in [3.63, 3.8) is 0 Å². The summed E-state index contributed by atoms with van der Waals surface area (Å²) in [7, 11) is 0. The fourth-order valence-electron chi connectivity index (χ4n) is 1.44. The number of rotatable bonds is 8. The van der Waals surface area contributed by atoms with Crippen molar-refractivity contribution in [1.29, 1.82) is 0 Å². The Bertz CT molecular complexity index is 396. The summed E-state index contributed by atoms with van der Waals surface area (Å²) in [6.07, 6.45) is 1.66. The predicted octanol–water partition coefficient (Wildman–Crippen LogP) is 2.14. The van der Waals surface area contributed by atoms with E-state index in [1.54, 1.807) is 12.1 Å². The number of nitrogens with zero attached hydrogens (tertiary/aromatic N) is 1. The Morgan fingerprint density at radius 3 is 2.89 bits per heavy atom. The first-order chi connectivity index (χ1) is 8.69. The highest BCUT2D eigenvalue weighted by atomic mass is 16.6. The number of nitro groups is 1. The van der Waals surface area contributed by atoms with Gasteiger partial charge in [-0.1, -0.05) is 6.92 Å². The molecule has 0 aliphatic carbocycles. The van der Waals surface area contributed by atoms with Crippen LogP contribution in [0.25, 0.3) is 0 Å². The maximum Gasteiger partial charge on any atom is 0.311 e. The zero-order valence-corrected chi connectivity index (χ0v) is 10.5. The molecule has 0 amide bonds. The Hall–Kier alpha value is -1.82. The molecular weight excluding hydrogens is 234 g/mol. The van der Waals surface area contributed by atoms with Gasteiger partial charge in [-0.25, -0.2) is 0 Å². The number of ether oxygens (including phenoxy) is 1. The molecule has 18 heavy (non-hydrogen) atoms. The molecule has 6 heteroatoms. The van der Waals surface area contributed by atoms with Crippen molar-refractivity contribution in [3.05, 3.63) is 28.3 Å². The van der Waals surface area contributed by atoms with E-state index in [0.29, 0.717) is 18.9 Å². The molecule has 0 spiro atoms. The van der Waals surface area contributed by atoms with Crippen molar-refractivity contribution in [3.8, 4) is 5.75 Å². The lowest BCUT2D eigenvalue weighted by Gasteiger charge is -2.09. The third kappa shape index (κ3) is 4.21. The van der Waals surface area contributed by atoms with Gasteiger partial charge in [-0.2, -0.15) is 0 Å². The quantitative estimate of drug-likeness (QED) is 0.421. The summed E-state index contributed by atoms with van der Waals surface area (Å²) in [6, 6.07) is 4.79. The van der Waals surface area contributed by atoms with Crippen LogP contribution in [0.5, 0.6) is 5.75 Å². The fourth-order valence-corrected chi connectivity index (χ4v) is 1.44. The number of nitro benzene ring substituents is 1. The molecule has 0 saturated carbocycles. The molecule has 1 aromatic carbocycles. The van der Waals surface area contributed by atoms with E-state index in [4.69, 9.17) is 10.5 Å². The lowest BCUT2D eigenvalue weighted by Crippen LogP contribution is -2.08. The van der Waals surface area contributed by atoms with Crippen molar-refractivity contribution in [2.45, 2.75) is 19.8 Å². The van der Waals surface area contributed by atoms with Crippen LogP contribution in [-0.4, -0.2) is 24.6 Å². The summed E-state index contributed by atoms with van der Waals surface area (Å²) in [4.78, 5) is 10.4. The molecule has 1 aromatic rings. The van der Waals surface area contributed by atoms with Crippen LogP contribution in [0.15, 0.2) is 18.2 Å². The summed E-state index contributed by atoms with van der Waals surface area (Å²) < 4.78 is 5.39. The van der Waals surface area contributed by atoms with Gasteiger partial charge in [0.25, 0.3) is 0 Å². The van der Waals surface area contributed by atoms with Gasteiger partial charge >= 0.3 is 5.69 Å². The van der Waals surface area contributed by atoms with E-state index in [1.165, 1.54) is 6.07 Å². The Morgan fingerprint density at radius 1 is 1.50 bits per heavy atom. The lowest BCUT2D eigenvalue weighted by atomic mass is 10.2. The molecule has 0 saturated heterocycles. The Labute approximate surface area is 106 Å². The first-order valence-electron chi connectivity index (χ1n) is 6.04. The summed E-state index contributed by atoms with van der Waals surface area (Å²) in [5.74, 6) is 0.305. The highest BCUT2D eigenvalue weighted by Crippen LogP contribution is 2.30. The first-order valence-corrected chi connectivity index (χ1v) is 6.04. The summed E-state index contributed by atoms with van der Waals surface area (Å²) in [5, 5.41) is 14.0. The average molecular weight is 253 g/mol. The molecule has 0 heterocycles. The number of nitrogens with one attached hydrogen (secondary N) is 1. The van der Waals surface area contributed by atoms with Gasteiger partial charge in [-0.05, 0) is 25.5 Å². The van der Waals surface area contributed by atoms with E-state index >= 15 is 0 Å². The van der Waals surface area contributed by atoms with Gasteiger partial charge in [-0.15, -0.1) is 0 Å². The molecule has 0 aliphatic heterocycles. The minimum atomic E-state index is -0.436. The third-order valence-corrected chi connectivity index (χ3v) is 2.33. The summed E-state index contributed by atoms with van der Waals surface area (Å²) in [6.45, 7) is 3.77. The number of anilines is 1. The maximum atomic E-state index is 10.8. The van der Waals surface area contributed by atoms with E-state index < -0.39 is 4.92 Å². The zero-order chi connectivity index (χ0) is 13.4. The van der Waals surface area contributed by atoms with Crippen LogP contribution >= 0.6 is 0 Å². The number of benzene rings is 1. The Kier molecular flexibility index (Phi) is 5.93. The van der Waals surface area contributed by atoms with Crippen LogP contribution in [0.1, 0.15) is 19.8 Å². The van der Waals surface area contributed by atoms with Crippen molar-refractivity contribution >= 4 is 11.4 Å². The normalized spacial score (nSPS) is 10.1. The van der Waals surface area contributed by atoms with Gasteiger partial charge in [0, 0.05) is 24.4 Å². The minimum Gasteiger partial charge on any atom is -0.487 e. The third-order valence-electron chi connectivity index (χ3n) is 2.33. The molecule has 0 radical (unpaired) electrons. The van der Waals surface area contributed by atoms with Crippen molar-refractivity contribution in [1.82, 2.24) is 0 Å². The fraction of sp³-hybridized carbons (Fsp3) is 0.500. The largest absolute Gasteiger partial charge is 0.487 e. The lowest BCUT2D eigenvalue weighted by molar-refractivity contribution is -0.385. The molecule has 0 unspecified atom stereocenters. The van der Waals surface area contributed by atoms with Crippen LogP contribution in [0.4, 0.5) is 11.4 Å². The SMILES string of the molecule is CCCOc1cc(NCCCN)ccc1[N+](=O)[O-]. The monoisotopic (exact) mass is 253 g/mol. The van der Waals surface area contributed by atoms with Crippen LogP contribution in [0.2, 0.25) is 0 Å². The van der Waals surface area contributed by atoms with E-state index in [1.807, 2.05) is 6.92 Å². The van der Waals surface area contributed by atoms with E-state index in [-0.39, 0.29) is 5.69 Å². The van der Waals surface area contributed by atoms with Crippen molar-refractivity contribution in [2.75, 3.05) is 25.0 Å². The highest BCUT2D eigenvalue weighted by molar-refractivity contribution is 5.57. The molecule has 0 bridgehead atoms. The Morgan fingerprint density at radius 2 is 2.28 bits per heavy atom. The van der Waals surface area contributed by atoms with Gasteiger partial charge in [-0.3, -0.25) is 10.1 Å². The molecule has 0 aliphatic rings. The number of nitrogens with two attached hydrogens (primary N) is 1. The van der Waals surface area contributed by atoms with Gasteiger partial charge in [0.2, 0.25) is 0 Å². The molecule has 100 valence electrons. The number of hydrogen-bond donors (Lipinski definition) is 2.